The lowest BCUT2D eigenvalue weighted by atomic mass is 9.96. The molecule has 0 spiro atoms. The van der Waals surface area contributed by atoms with E-state index in [1.807, 2.05) is 30.3 Å². The van der Waals surface area contributed by atoms with Gasteiger partial charge in [-0.2, -0.15) is 0 Å². The van der Waals surface area contributed by atoms with Gasteiger partial charge in [-0.15, -0.1) is 0 Å². The van der Waals surface area contributed by atoms with E-state index in [2.05, 4.69) is 9.98 Å². The number of nitrogens with zero attached hydrogens (tertiary/aromatic N) is 3. The van der Waals surface area contributed by atoms with E-state index in [0.717, 1.165) is 22.5 Å². The van der Waals surface area contributed by atoms with Crippen molar-refractivity contribution in [3.05, 3.63) is 82.7 Å². The molecule has 0 unspecified atom stereocenters. The van der Waals surface area contributed by atoms with Crippen LogP contribution in [0.15, 0.2) is 59.7 Å². The summed E-state index contributed by atoms with van der Waals surface area (Å²) in [5.41, 5.74) is 5.00. The van der Waals surface area contributed by atoms with E-state index in [4.69, 9.17) is 4.74 Å². The highest BCUT2D eigenvalue weighted by Gasteiger charge is 2.23. The van der Waals surface area contributed by atoms with Gasteiger partial charge in [0, 0.05) is 42.5 Å². The Morgan fingerprint density at radius 2 is 1.74 bits per heavy atom. The van der Waals surface area contributed by atoms with E-state index >= 15 is 0 Å². The lowest BCUT2D eigenvalue weighted by Gasteiger charge is -2.13. The standard InChI is InChI=1S/C24H21N3O4/c1-27(2)23(28)15-8-14(9-16(10-15)24(29)30)17-11-19-20(25-12-17)13-26-22(19)18-6-4-5-7-21(18)31-3/h4-12H,13H2,1-3H3,(H,29,30). The number of aromatic carboxylic acids is 1. The highest BCUT2D eigenvalue weighted by atomic mass is 16.5. The average Bonchev–Trinajstić information content (AvgIpc) is 3.21. The smallest absolute Gasteiger partial charge is 0.335 e. The highest BCUT2D eigenvalue weighted by molar-refractivity contribution is 6.16. The molecular weight excluding hydrogens is 394 g/mol. The summed E-state index contributed by atoms with van der Waals surface area (Å²) in [6, 6.07) is 14.2. The number of benzene rings is 2. The topological polar surface area (TPSA) is 92.1 Å². The van der Waals surface area contributed by atoms with Crippen LogP contribution in [0.4, 0.5) is 0 Å². The van der Waals surface area contributed by atoms with Gasteiger partial charge < -0.3 is 14.7 Å². The van der Waals surface area contributed by atoms with Crippen LogP contribution in [-0.2, 0) is 6.54 Å². The summed E-state index contributed by atoms with van der Waals surface area (Å²) < 4.78 is 5.49. The van der Waals surface area contributed by atoms with E-state index in [0.29, 0.717) is 29.0 Å². The van der Waals surface area contributed by atoms with Crippen molar-refractivity contribution < 1.29 is 19.4 Å². The zero-order chi connectivity index (χ0) is 22.1. The second-order valence-electron chi connectivity index (χ2n) is 7.39. The summed E-state index contributed by atoms with van der Waals surface area (Å²) >= 11 is 0. The third kappa shape index (κ3) is 3.77. The highest BCUT2D eigenvalue weighted by Crippen LogP contribution is 2.31. The van der Waals surface area contributed by atoms with Gasteiger partial charge in [0.1, 0.15) is 5.75 Å². The largest absolute Gasteiger partial charge is 0.496 e. The van der Waals surface area contributed by atoms with Crippen molar-refractivity contribution in [2.24, 2.45) is 4.99 Å². The number of carbonyl (C=O) groups is 2. The summed E-state index contributed by atoms with van der Waals surface area (Å²) in [6.07, 6.45) is 1.68. The molecule has 0 aliphatic carbocycles. The molecule has 156 valence electrons. The maximum Gasteiger partial charge on any atom is 0.335 e. The molecule has 0 bridgehead atoms. The molecule has 4 rings (SSSR count). The van der Waals surface area contributed by atoms with Crippen LogP contribution in [0.25, 0.3) is 11.1 Å². The van der Waals surface area contributed by atoms with E-state index in [1.165, 1.54) is 11.0 Å². The Balaban J connectivity index is 1.82. The average molecular weight is 415 g/mol. The van der Waals surface area contributed by atoms with Gasteiger partial charge in [-0.3, -0.25) is 14.8 Å². The molecule has 7 heteroatoms. The van der Waals surface area contributed by atoms with Crippen molar-refractivity contribution >= 4 is 17.6 Å². The molecule has 3 aromatic rings. The number of amides is 1. The molecule has 0 saturated carbocycles. The van der Waals surface area contributed by atoms with Gasteiger partial charge in [-0.05, 0) is 42.0 Å². The molecule has 1 N–H and O–H groups in total. The van der Waals surface area contributed by atoms with E-state index in [9.17, 15) is 14.7 Å². The maximum absolute atomic E-state index is 12.5. The summed E-state index contributed by atoms with van der Waals surface area (Å²) in [5.74, 6) is -0.652. The van der Waals surface area contributed by atoms with Gasteiger partial charge in [-0.1, -0.05) is 12.1 Å². The number of hydrogen-bond acceptors (Lipinski definition) is 5. The predicted octanol–water partition coefficient (Wildman–Crippen LogP) is 3.51. The van der Waals surface area contributed by atoms with Crippen molar-refractivity contribution in [3.63, 3.8) is 0 Å². The summed E-state index contributed by atoms with van der Waals surface area (Å²) in [4.78, 5) is 34.8. The Morgan fingerprint density at radius 1 is 1.00 bits per heavy atom. The molecule has 0 saturated heterocycles. The molecule has 2 heterocycles. The van der Waals surface area contributed by atoms with Crippen molar-refractivity contribution in [1.82, 2.24) is 9.88 Å². The first-order chi connectivity index (χ1) is 14.9. The van der Waals surface area contributed by atoms with Gasteiger partial charge in [0.2, 0.25) is 0 Å². The number of carboxylic acid groups (broad SMARTS) is 1. The molecule has 7 nitrogen and oxygen atoms in total. The van der Waals surface area contributed by atoms with E-state index in [-0.39, 0.29) is 11.5 Å². The van der Waals surface area contributed by atoms with Crippen molar-refractivity contribution in [1.29, 1.82) is 0 Å². The van der Waals surface area contributed by atoms with E-state index < -0.39 is 5.97 Å². The lowest BCUT2D eigenvalue weighted by Crippen LogP contribution is -2.22. The molecule has 1 aliphatic rings. The van der Waals surface area contributed by atoms with Crippen molar-refractivity contribution in [2.45, 2.75) is 6.54 Å². The monoisotopic (exact) mass is 415 g/mol. The second-order valence-corrected chi connectivity index (χ2v) is 7.39. The minimum atomic E-state index is -1.10. The molecule has 0 fully saturated rings. The number of rotatable bonds is 5. The number of para-hydroxylation sites is 1. The Hall–Kier alpha value is -4.00. The van der Waals surface area contributed by atoms with Crippen LogP contribution in [0, 0.1) is 0 Å². The number of aromatic nitrogens is 1. The predicted molar refractivity (Wildman–Crippen MR) is 117 cm³/mol. The third-order valence-electron chi connectivity index (χ3n) is 5.14. The Labute approximate surface area is 179 Å². The lowest BCUT2D eigenvalue weighted by molar-refractivity contribution is 0.0697. The van der Waals surface area contributed by atoms with Gasteiger partial charge in [0.15, 0.2) is 0 Å². The Bertz CT molecular complexity index is 1230. The van der Waals surface area contributed by atoms with Crippen LogP contribution in [0.5, 0.6) is 5.75 Å². The van der Waals surface area contributed by atoms with Gasteiger partial charge in [0.05, 0.1) is 30.6 Å². The number of carbonyl (C=O) groups excluding carboxylic acids is 1. The van der Waals surface area contributed by atoms with Crippen LogP contribution in [0.2, 0.25) is 0 Å². The second kappa shape index (κ2) is 8.02. The van der Waals surface area contributed by atoms with Crippen molar-refractivity contribution in [2.75, 3.05) is 21.2 Å². The Kier molecular flexibility index (Phi) is 5.25. The minimum absolute atomic E-state index is 0.0433. The number of aliphatic imine (C=N–C) groups is 1. The fraction of sp³-hybridized carbons (Fsp3) is 0.167. The zero-order valence-electron chi connectivity index (χ0n) is 17.4. The van der Waals surface area contributed by atoms with Crippen molar-refractivity contribution in [3.8, 4) is 16.9 Å². The van der Waals surface area contributed by atoms with Gasteiger partial charge >= 0.3 is 5.97 Å². The van der Waals surface area contributed by atoms with Crippen LogP contribution < -0.4 is 4.74 Å². The molecule has 1 aromatic heterocycles. The van der Waals surface area contributed by atoms with Crippen LogP contribution in [0.3, 0.4) is 0 Å². The number of pyridine rings is 1. The summed E-state index contributed by atoms with van der Waals surface area (Å²) in [6.45, 7) is 0.461. The van der Waals surface area contributed by atoms with E-state index in [1.54, 1.807) is 39.5 Å². The number of fused-ring (bicyclic) bond motifs is 1. The van der Waals surface area contributed by atoms with Crippen LogP contribution in [0.1, 0.15) is 37.5 Å². The first-order valence-electron chi connectivity index (χ1n) is 9.66. The molecule has 31 heavy (non-hydrogen) atoms. The molecular formula is C24H21N3O4. The third-order valence-corrected chi connectivity index (χ3v) is 5.14. The molecule has 1 amide bonds. The first kappa shape index (κ1) is 20.3. The first-order valence-corrected chi connectivity index (χ1v) is 9.66. The SMILES string of the molecule is COc1ccccc1C1=NCc2ncc(-c3cc(C(=O)O)cc(C(=O)N(C)C)c3)cc21. The number of methoxy groups -OCH3 is 1. The molecule has 1 aliphatic heterocycles. The molecule has 0 atom stereocenters. The quantitative estimate of drug-likeness (QED) is 0.689. The van der Waals surface area contributed by atoms with Crippen LogP contribution in [-0.4, -0.2) is 53.8 Å². The number of ether oxygens (including phenoxy) is 1. The fourth-order valence-electron chi connectivity index (χ4n) is 3.59. The Morgan fingerprint density at radius 3 is 2.45 bits per heavy atom. The normalized spacial score (nSPS) is 12.2. The fourth-order valence-corrected chi connectivity index (χ4v) is 3.59. The summed E-state index contributed by atoms with van der Waals surface area (Å²) in [7, 11) is 4.87. The number of carboxylic acids is 1. The summed E-state index contributed by atoms with van der Waals surface area (Å²) in [5, 5.41) is 9.53. The zero-order valence-corrected chi connectivity index (χ0v) is 17.4. The molecule has 2 aromatic carbocycles. The maximum atomic E-state index is 12.5. The number of hydrogen-bond donors (Lipinski definition) is 1. The minimum Gasteiger partial charge on any atom is -0.496 e. The van der Waals surface area contributed by atoms with Crippen LogP contribution >= 0.6 is 0 Å². The van der Waals surface area contributed by atoms with Gasteiger partial charge in [-0.25, -0.2) is 4.79 Å². The van der Waals surface area contributed by atoms with Gasteiger partial charge in [0.25, 0.3) is 5.91 Å². The molecule has 0 radical (unpaired) electrons.